The molecule has 6 nitrogen and oxygen atoms in total. The molecular formula is C69H120O6. The third kappa shape index (κ3) is 61.3. The van der Waals surface area contributed by atoms with Gasteiger partial charge >= 0.3 is 17.9 Å². The van der Waals surface area contributed by atoms with Gasteiger partial charge in [0.15, 0.2) is 6.10 Å². The molecule has 1 atom stereocenters. The van der Waals surface area contributed by atoms with Gasteiger partial charge in [0, 0.05) is 19.3 Å². The molecule has 0 bridgehead atoms. The van der Waals surface area contributed by atoms with Gasteiger partial charge in [-0.2, -0.15) is 0 Å². The first-order valence-electron chi connectivity index (χ1n) is 32.1. The predicted molar refractivity (Wildman–Crippen MR) is 325 cm³/mol. The summed E-state index contributed by atoms with van der Waals surface area (Å²) in [4.78, 5) is 38.2. The first kappa shape index (κ1) is 71.6. The van der Waals surface area contributed by atoms with Crippen LogP contribution in [0.2, 0.25) is 0 Å². The van der Waals surface area contributed by atoms with Crippen molar-refractivity contribution in [2.24, 2.45) is 0 Å². The quantitative estimate of drug-likeness (QED) is 0.0261. The SMILES string of the molecule is CC/C=C\C/C=C\C/C=C\C/C=C\CCCCCCCCCCCCCCCCCCCCC(=O)OCC(COC(=O)CCCCCCC/C=C\CCCCC)OC(=O)CCCCCCC/C=C\C/C=C\CCCC. The van der Waals surface area contributed by atoms with Crippen molar-refractivity contribution in [3.8, 4) is 0 Å². The van der Waals surface area contributed by atoms with Gasteiger partial charge in [-0.25, -0.2) is 0 Å². The van der Waals surface area contributed by atoms with Crippen molar-refractivity contribution in [1.29, 1.82) is 0 Å². The average molecular weight is 1050 g/mol. The molecule has 0 N–H and O–H groups in total. The predicted octanol–water partition coefficient (Wildman–Crippen LogP) is 21.9. The molecule has 0 aliphatic rings. The zero-order valence-corrected chi connectivity index (χ0v) is 49.6. The lowest BCUT2D eigenvalue weighted by atomic mass is 10.0. The standard InChI is InChI=1S/C69H120O6/c1-4-7-10-13-16-19-22-25-27-28-29-30-31-32-33-34-35-36-37-38-39-40-41-42-43-45-47-50-53-56-59-62-68(71)74-65-66(64-73-67(70)61-58-55-52-49-46-24-21-18-15-12-9-6-3)75-69(72)63-60-57-54-51-48-44-26-23-20-17-14-11-8-5-2/h7,10,14,16-19,21,23,25-27,29-30,66H,4-6,8-9,11-13,15,20,22,24,28,31-65H2,1-3H3/b10-7-,17-14-,19-16-,21-18-,26-23-,27-25-,30-29-. The van der Waals surface area contributed by atoms with Gasteiger partial charge in [0.2, 0.25) is 0 Å². The van der Waals surface area contributed by atoms with Gasteiger partial charge in [0.25, 0.3) is 0 Å². The van der Waals surface area contributed by atoms with Crippen LogP contribution in [0.25, 0.3) is 0 Å². The number of rotatable bonds is 58. The third-order valence-electron chi connectivity index (χ3n) is 13.9. The Labute approximate surface area is 465 Å². The number of unbranched alkanes of at least 4 members (excludes halogenated alkanes) is 33. The summed E-state index contributed by atoms with van der Waals surface area (Å²) >= 11 is 0. The number of carbonyl (C=O) groups excluding carboxylic acids is 3. The second-order valence-corrected chi connectivity index (χ2v) is 21.3. The summed E-state index contributed by atoms with van der Waals surface area (Å²) in [7, 11) is 0. The van der Waals surface area contributed by atoms with Crippen LogP contribution in [0.4, 0.5) is 0 Å². The van der Waals surface area contributed by atoms with Gasteiger partial charge in [0.05, 0.1) is 0 Å². The summed E-state index contributed by atoms with van der Waals surface area (Å²) in [6.07, 6.45) is 83.2. The monoisotopic (exact) mass is 1040 g/mol. The van der Waals surface area contributed by atoms with Crippen LogP contribution in [0.1, 0.15) is 316 Å². The summed E-state index contributed by atoms with van der Waals surface area (Å²) in [6, 6.07) is 0. The van der Waals surface area contributed by atoms with Crippen LogP contribution < -0.4 is 0 Å². The van der Waals surface area contributed by atoms with Crippen molar-refractivity contribution < 1.29 is 28.6 Å². The first-order chi connectivity index (χ1) is 37.0. The zero-order valence-electron chi connectivity index (χ0n) is 49.6. The second-order valence-electron chi connectivity index (χ2n) is 21.3. The van der Waals surface area contributed by atoms with Gasteiger partial charge in [0.1, 0.15) is 13.2 Å². The van der Waals surface area contributed by atoms with E-state index in [1.807, 2.05) is 0 Å². The normalized spacial score (nSPS) is 12.6. The van der Waals surface area contributed by atoms with E-state index in [0.29, 0.717) is 19.3 Å². The Morgan fingerprint density at radius 2 is 0.533 bits per heavy atom. The molecule has 0 rings (SSSR count). The number of hydrogen-bond donors (Lipinski definition) is 0. The number of esters is 3. The largest absolute Gasteiger partial charge is 0.462 e. The molecule has 6 heteroatoms. The maximum atomic E-state index is 12.9. The Morgan fingerprint density at radius 1 is 0.280 bits per heavy atom. The van der Waals surface area contributed by atoms with Gasteiger partial charge in [-0.3, -0.25) is 14.4 Å². The third-order valence-corrected chi connectivity index (χ3v) is 13.9. The molecule has 0 aromatic rings. The van der Waals surface area contributed by atoms with Gasteiger partial charge in [-0.05, 0) is 109 Å². The van der Waals surface area contributed by atoms with E-state index in [2.05, 4.69) is 106 Å². The first-order valence-corrected chi connectivity index (χ1v) is 32.1. The number of hydrogen-bond acceptors (Lipinski definition) is 6. The van der Waals surface area contributed by atoms with E-state index in [1.54, 1.807) is 0 Å². The van der Waals surface area contributed by atoms with E-state index in [4.69, 9.17) is 14.2 Å². The average Bonchev–Trinajstić information content (AvgIpc) is 3.41. The molecule has 0 saturated heterocycles. The van der Waals surface area contributed by atoms with Crippen LogP contribution in [0.15, 0.2) is 85.1 Å². The zero-order chi connectivity index (χ0) is 54.3. The summed E-state index contributed by atoms with van der Waals surface area (Å²) in [5.74, 6) is -0.894. The molecular weight excluding hydrogens is 925 g/mol. The molecule has 0 radical (unpaired) electrons. The highest BCUT2D eigenvalue weighted by molar-refractivity contribution is 5.71. The molecule has 0 aliphatic heterocycles. The second kappa shape index (κ2) is 63.1. The minimum atomic E-state index is -0.785. The molecule has 432 valence electrons. The Kier molecular flexibility index (Phi) is 60.3. The molecule has 0 amide bonds. The van der Waals surface area contributed by atoms with Gasteiger partial charge in [-0.15, -0.1) is 0 Å². The van der Waals surface area contributed by atoms with Crippen LogP contribution in [0.5, 0.6) is 0 Å². The van der Waals surface area contributed by atoms with Crippen molar-refractivity contribution in [2.45, 2.75) is 322 Å². The highest BCUT2D eigenvalue weighted by Gasteiger charge is 2.19. The summed E-state index contributed by atoms with van der Waals surface area (Å²) < 4.78 is 16.9. The minimum absolute atomic E-state index is 0.0818. The van der Waals surface area contributed by atoms with E-state index in [9.17, 15) is 14.4 Å². The smallest absolute Gasteiger partial charge is 0.306 e. The van der Waals surface area contributed by atoms with Crippen LogP contribution in [-0.2, 0) is 28.6 Å². The summed E-state index contributed by atoms with van der Waals surface area (Å²) in [5.41, 5.74) is 0. The lowest BCUT2D eigenvalue weighted by molar-refractivity contribution is -0.167. The molecule has 0 aromatic heterocycles. The molecule has 75 heavy (non-hydrogen) atoms. The Hall–Kier alpha value is -3.41. The van der Waals surface area contributed by atoms with Gasteiger partial charge in [-0.1, -0.05) is 273 Å². The van der Waals surface area contributed by atoms with Crippen LogP contribution in [0.3, 0.4) is 0 Å². The number of ether oxygens (including phenoxy) is 3. The topological polar surface area (TPSA) is 78.9 Å². The Balaban J connectivity index is 4.14. The Bertz CT molecular complexity index is 1430. The number of allylic oxidation sites excluding steroid dienone is 14. The fourth-order valence-electron chi connectivity index (χ4n) is 9.03. The van der Waals surface area contributed by atoms with E-state index in [0.717, 1.165) is 116 Å². The van der Waals surface area contributed by atoms with Crippen molar-refractivity contribution in [1.82, 2.24) is 0 Å². The molecule has 0 heterocycles. The fourth-order valence-corrected chi connectivity index (χ4v) is 9.03. The highest BCUT2D eigenvalue weighted by atomic mass is 16.6. The van der Waals surface area contributed by atoms with Crippen LogP contribution in [-0.4, -0.2) is 37.2 Å². The van der Waals surface area contributed by atoms with E-state index in [-0.39, 0.29) is 31.1 Å². The summed E-state index contributed by atoms with van der Waals surface area (Å²) in [6.45, 7) is 6.47. The van der Waals surface area contributed by atoms with E-state index in [1.165, 1.54) is 161 Å². The molecule has 0 spiro atoms. The maximum Gasteiger partial charge on any atom is 0.306 e. The highest BCUT2D eigenvalue weighted by Crippen LogP contribution is 2.17. The van der Waals surface area contributed by atoms with E-state index < -0.39 is 6.10 Å². The number of carbonyl (C=O) groups is 3. The molecule has 0 fully saturated rings. The molecule has 0 saturated carbocycles. The van der Waals surface area contributed by atoms with Crippen molar-refractivity contribution >= 4 is 17.9 Å². The lowest BCUT2D eigenvalue weighted by Gasteiger charge is -2.18. The Morgan fingerprint density at radius 3 is 0.867 bits per heavy atom. The van der Waals surface area contributed by atoms with Crippen molar-refractivity contribution in [2.75, 3.05) is 13.2 Å². The van der Waals surface area contributed by atoms with Crippen LogP contribution >= 0.6 is 0 Å². The summed E-state index contributed by atoms with van der Waals surface area (Å²) in [5, 5.41) is 0. The van der Waals surface area contributed by atoms with Crippen molar-refractivity contribution in [3.63, 3.8) is 0 Å². The van der Waals surface area contributed by atoms with E-state index >= 15 is 0 Å². The molecule has 1 unspecified atom stereocenters. The van der Waals surface area contributed by atoms with Gasteiger partial charge < -0.3 is 14.2 Å². The maximum absolute atomic E-state index is 12.9. The van der Waals surface area contributed by atoms with Crippen molar-refractivity contribution in [3.05, 3.63) is 85.1 Å². The fraction of sp³-hybridized carbons (Fsp3) is 0.754. The lowest BCUT2D eigenvalue weighted by Crippen LogP contribution is -2.30. The minimum Gasteiger partial charge on any atom is -0.462 e. The van der Waals surface area contributed by atoms with Crippen LogP contribution in [0, 0.1) is 0 Å². The molecule has 0 aromatic carbocycles. The molecule has 0 aliphatic carbocycles.